The molecule has 0 aliphatic heterocycles. The maximum atomic E-state index is 13.0. The molecule has 0 saturated carbocycles. The van der Waals surface area contributed by atoms with Crippen molar-refractivity contribution in [3.63, 3.8) is 0 Å². The van der Waals surface area contributed by atoms with Crippen LogP contribution in [0.4, 0.5) is 15.8 Å². The number of carbonyl (C=O) groups excluding carboxylic acids is 1. The van der Waals surface area contributed by atoms with Crippen LogP contribution in [0.25, 0.3) is 0 Å². The SMILES string of the molecule is CC(=O)Nc1ccc(C)c(NC(C)c2ccc(F)cc2)c1. The molecule has 0 bridgehead atoms. The molecule has 2 rings (SSSR count). The lowest BCUT2D eigenvalue weighted by atomic mass is 10.1. The molecule has 1 atom stereocenters. The fourth-order valence-electron chi connectivity index (χ4n) is 2.13. The zero-order valence-corrected chi connectivity index (χ0v) is 12.4. The molecule has 2 N–H and O–H groups in total. The van der Waals surface area contributed by atoms with Gasteiger partial charge in [0.05, 0.1) is 0 Å². The smallest absolute Gasteiger partial charge is 0.221 e. The van der Waals surface area contributed by atoms with Crippen LogP contribution in [-0.4, -0.2) is 5.91 Å². The Balaban J connectivity index is 2.17. The van der Waals surface area contributed by atoms with Gasteiger partial charge in [0.25, 0.3) is 0 Å². The summed E-state index contributed by atoms with van der Waals surface area (Å²) in [6, 6.07) is 12.2. The van der Waals surface area contributed by atoms with Crippen LogP contribution < -0.4 is 10.6 Å². The van der Waals surface area contributed by atoms with Crippen LogP contribution in [0.5, 0.6) is 0 Å². The normalized spacial score (nSPS) is 11.8. The minimum Gasteiger partial charge on any atom is -0.378 e. The van der Waals surface area contributed by atoms with Gasteiger partial charge in [0.1, 0.15) is 5.82 Å². The van der Waals surface area contributed by atoms with E-state index in [1.807, 2.05) is 32.0 Å². The second kappa shape index (κ2) is 6.39. The summed E-state index contributed by atoms with van der Waals surface area (Å²) in [6.07, 6.45) is 0. The van der Waals surface area contributed by atoms with Crippen molar-refractivity contribution in [1.29, 1.82) is 0 Å². The molecule has 0 heterocycles. The molecule has 0 radical (unpaired) electrons. The Morgan fingerprint density at radius 1 is 1.14 bits per heavy atom. The molecule has 1 amide bonds. The third-order valence-corrected chi connectivity index (χ3v) is 3.30. The number of hydrogen-bond acceptors (Lipinski definition) is 2. The number of benzene rings is 2. The Hall–Kier alpha value is -2.36. The minimum atomic E-state index is -0.241. The number of anilines is 2. The molecule has 110 valence electrons. The zero-order chi connectivity index (χ0) is 15.4. The molecule has 0 spiro atoms. The molecular formula is C17H19FN2O. The van der Waals surface area contributed by atoms with Crippen molar-refractivity contribution in [2.24, 2.45) is 0 Å². The average Bonchev–Trinajstić information content (AvgIpc) is 2.42. The van der Waals surface area contributed by atoms with Gasteiger partial charge in [-0.15, -0.1) is 0 Å². The van der Waals surface area contributed by atoms with Crippen LogP contribution in [-0.2, 0) is 4.79 Å². The van der Waals surface area contributed by atoms with Gasteiger partial charge in [-0.1, -0.05) is 18.2 Å². The van der Waals surface area contributed by atoms with E-state index in [4.69, 9.17) is 0 Å². The molecule has 0 fully saturated rings. The summed E-state index contributed by atoms with van der Waals surface area (Å²) in [5.41, 5.74) is 3.78. The Kier molecular flexibility index (Phi) is 4.58. The highest BCUT2D eigenvalue weighted by atomic mass is 19.1. The van der Waals surface area contributed by atoms with Gasteiger partial charge in [-0.3, -0.25) is 4.79 Å². The van der Waals surface area contributed by atoms with Gasteiger partial charge in [-0.25, -0.2) is 4.39 Å². The Labute approximate surface area is 124 Å². The van der Waals surface area contributed by atoms with E-state index in [-0.39, 0.29) is 17.8 Å². The van der Waals surface area contributed by atoms with Gasteiger partial charge in [-0.2, -0.15) is 0 Å². The maximum Gasteiger partial charge on any atom is 0.221 e. The van der Waals surface area contributed by atoms with Crippen LogP contribution in [0, 0.1) is 12.7 Å². The molecule has 0 aliphatic carbocycles. The third-order valence-electron chi connectivity index (χ3n) is 3.30. The summed E-state index contributed by atoms with van der Waals surface area (Å²) in [7, 11) is 0. The highest BCUT2D eigenvalue weighted by molar-refractivity contribution is 5.89. The Morgan fingerprint density at radius 2 is 1.81 bits per heavy atom. The predicted octanol–water partition coefficient (Wildman–Crippen LogP) is 4.27. The van der Waals surface area contributed by atoms with Crippen molar-refractivity contribution < 1.29 is 9.18 Å². The first kappa shape index (κ1) is 15.0. The van der Waals surface area contributed by atoms with Crippen molar-refractivity contribution in [2.45, 2.75) is 26.8 Å². The second-order valence-corrected chi connectivity index (χ2v) is 5.13. The van der Waals surface area contributed by atoms with Gasteiger partial charge in [-0.05, 0) is 49.2 Å². The van der Waals surface area contributed by atoms with E-state index in [1.54, 1.807) is 12.1 Å². The van der Waals surface area contributed by atoms with Crippen molar-refractivity contribution in [3.05, 3.63) is 59.4 Å². The van der Waals surface area contributed by atoms with Crippen LogP contribution in [0.1, 0.15) is 31.0 Å². The number of aryl methyl sites for hydroxylation is 1. The topological polar surface area (TPSA) is 41.1 Å². The Bertz CT molecular complexity index is 638. The predicted molar refractivity (Wildman–Crippen MR) is 83.9 cm³/mol. The first-order chi connectivity index (χ1) is 9.95. The summed E-state index contributed by atoms with van der Waals surface area (Å²) >= 11 is 0. The molecule has 0 aromatic heterocycles. The highest BCUT2D eigenvalue weighted by Crippen LogP contribution is 2.25. The first-order valence-electron chi connectivity index (χ1n) is 6.86. The molecule has 1 unspecified atom stereocenters. The van der Waals surface area contributed by atoms with Gasteiger partial charge in [0, 0.05) is 24.3 Å². The fraction of sp³-hybridized carbons (Fsp3) is 0.235. The molecule has 2 aromatic carbocycles. The maximum absolute atomic E-state index is 13.0. The fourth-order valence-corrected chi connectivity index (χ4v) is 2.13. The van der Waals surface area contributed by atoms with Gasteiger partial charge < -0.3 is 10.6 Å². The molecule has 21 heavy (non-hydrogen) atoms. The molecule has 0 saturated heterocycles. The Morgan fingerprint density at radius 3 is 2.43 bits per heavy atom. The van der Waals surface area contributed by atoms with Crippen molar-refractivity contribution in [1.82, 2.24) is 0 Å². The van der Waals surface area contributed by atoms with E-state index in [1.165, 1.54) is 19.1 Å². The van der Waals surface area contributed by atoms with E-state index in [0.717, 1.165) is 22.5 Å². The summed E-state index contributed by atoms with van der Waals surface area (Å²) in [5.74, 6) is -0.342. The highest BCUT2D eigenvalue weighted by Gasteiger charge is 2.08. The summed E-state index contributed by atoms with van der Waals surface area (Å²) in [4.78, 5) is 11.1. The van der Waals surface area contributed by atoms with Crippen LogP contribution in [0.2, 0.25) is 0 Å². The van der Waals surface area contributed by atoms with Crippen molar-refractivity contribution in [3.8, 4) is 0 Å². The minimum absolute atomic E-state index is 0.0388. The molecule has 4 heteroatoms. The van der Waals surface area contributed by atoms with E-state index in [9.17, 15) is 9.18 Å². The van der Waals surface area contributed by atoms with Gasteiger partial charge >= 0.3 is 0 Å². The number of rotatable bonds is 4. The van der Waals surface area contributed by atoms with E-state index in [2.05, 4.69) is 10.6 Å². The summed E-state index contributed by atoms with van der Waals surface area (Å²) in [5, 5.41) is 6.15. The van der Waals surface area contributed by atoms with E-state index < -0.39 is 0 Å². The number of nitrogens with one attached hydrogen (secondary N) is 2. The van der Waals surface area contributed by atoms with Crippen LogP contribution in [0.3, 0.4) is 0 Å². The quantitative estimate of drug-likeness (QED) is 0.881. The molecular weight excluding hydrogens is 267 g/mol. The summed E-state index contributed by atoms with van der Waals surface area (Å²) in [6.45, 7) is 5.49. The van der Waals surface area contributed by atoms with Gasteiger partial charge in [0.15, 0.2) is 0 Å². The van der Waals surface area contributed by atoms with Gasteiger partial charge in [0.2, 0.25) is 5.91 Å². The van der Waals surface area contributed by atoms with Crippen molar-refractivity contribution >= 4 is 17.3 Å². The number of hydrogen-bond donors (Lipinski definition) is 2. The molecule has 2 aromatic rings. The third kappa shape index (κ3) is 4.05. The number of carbonyl (C=O) groups is 1. The largest absolute Gasteiger partial charge is 0.378 e. The summed E-state index contributed by atoms with van der Waals surface area (Å²) < 4.78 is 13.0. The van der Waals surface area contributed by atoms with Crippen LogP contribution in [0.15, 0.2) is 42.5 Å². The second-order valence-electron chi connectivity index (χ2n) is 5.13. The lowest BCUT2D eigenvalue weighted by Crippen LogP contribution is -2.10. The lowest BCUT2D eigenvalue weighted by molar-refractivity contribution is -0.114. The lowest BCUT2D eigenvalue weighted by Gasteiger charge is -2.18. The molecule has 3 nitrogen and oxygen atoms in total. The van der Waals surface area contributed by atoms with E-state index in [0.29, 0.717) is 0 Å². The van der Waals surface area contributed by atoms with E-state index >= 15 is 0 Å². The monoisotopic (exact) mass is 286 g/mol. The number of halogens is 1. The zero-order valence-electron chi connectivity index (χ0n) is 12.4. The first-order valence-corrected chi connectivity index (χ1v) is 6.86. The molecule has 0 aliphatic rings. The standard InChI is InChI=1S/C17H19FN2O/c1-11-4-9-16(20-13(3)21)10-17(11)19-12(2)14-5-7-15(18)8-6-14/h4-10,12,19H,1-3H3,(H,20,21). The van der Waals surface area contributed by atoms with Crippen molar-refractivity contribution in [2.75, 3.05) is 10.6 Å². The number of amides is 1. The van der Waals surface area contributed by atoms with Crippen LogP contribution >= 0.6 is 0 Å². The average molecular weight is 286 g/mol.